The fourth-order valence-corrected chi connectivity index (χ4v) is 3.09. The zero-order valence-corrected chi connectivity index (χ0v) is 14.1. The fourth-order valence-electron chi connectivity index (χ4n) is 3.09. The molecule has 0 spiro atoms. The molecule has 4 heteroatoms. The average molecular weight is 326 g/mol. The van der Waals surface area contributed by atoms with Gasteiger partial charge in [0, 0.05) is 6.42 Å². The highest BCUT2D eigenvalue weighted by Crippen LogP contribution is 2.27. The summed E-state index contributed by atoms with van der Waals surface area (Å²) in [5.41, 5.74) is 0.890. The summed E-state index contributed by atoms with van der Waals surface area (Å²) in [5.74, 6) is 0.125. The molecular formula is C20H22O4. The van der Waals surface area contributed by atoms with E-state index in [2.05, 4.69) is 0 Å². The summed E-state index contributed by atoms with van der Waals surface area (Å²) in [6.07, 6.45) is 2.45. The minimum Gasteiger partial charge on any atom is -0.497 e. The van der Waals surface area contributed by atoms with E-state index in [-0.39, 0.29) is 11.8 Å². The molecule has 2 unspecified atom stereocenters. The quantitative estimate of drug-likeness (QED) is 0.797. The van der Waals surface area contributed by atoms with E-state index in [9.17, 15) is 9.59 Å². The molecule has 126 valence electrons. The Hall–Kier alpha value is -2.36. The topological polar surface area (TPSA) is 52.6 Å². The molecule has 0 heterocycles. The number of ketones is 1. The van der Waals surface area contributed by atoms with Crippen molar-refractivity contribution < 1.29 is 19.1 Å². The Labute approximate surface area is 141 Å². The van der Waals surface area contributed by atoms with Crippen LogP contribution in [0.1, 0.15) is 44.1 Å². The van der Waals surface area contributed by atoms with E-state index < -0.39 is 12.0 Å². The lowest BCUT2D eigenvalue weighted by Crippen LogP contribution is -2.31. The smallest absolute Gasteiger partial charge is 0.313 e. The number of rotatable bonds is 4. The molecule has 2 atom stereocenters. The van der Waals surface area contributed by atoms with Crippen LogP contribution in [-0.4, -0.2) is 25.0 Å². The van der Waals surface area contributed by atoms with Gasteiger partial charge in [0.1, 0.15) is 5.75 Å². The summed E-state index contributed by atoms with van der Waals surface area (Å²) in [6.45, 7) is 1.82. The lowest BCUT2D eigenvalue weighted by molar-refractivity contribution is -0.157. The molecule has 4 nitrogen and oxygen atoms in total. The van der Waals surface area contributed by atoms with Crippen molar-refractivity contribution >= 4 is 22.5 Å². The average Bonchev–Trinajstić information content (AvgIpc) is 2.62. The van der Waals surface area contributed by atoms with Gasteiger partial charge in [0.05, 0.1) is 13.0 Å². The highest BCUT2D eigenvalue weighted by atomic mass is 16.5. The molecule has 0 saturated heterocycles. The van der Waals surface area contributed by atoms with Gasteiger partial charge in [-0.05, 0) is 54.7 Å². The highest BCUT2D eigenvalue weighted by molar-refractivity contribution is 5.89. The number of carbonyl (C=O) groups is 2. The molecule has 0 bridgehead atoms. The van der Waals surface area contributed by atoms with Crippen LogP contribution in [-0.2, 0) is 14.3 Å². The van der Waals surface area contributed by atoms with Crippen LogP contribution in [0.4, 0.5) is 0 Å². The van der Waals surface area contributed by atoms with E-state index in [0.717, 1.165) is 34.9 Å². The van der Waals surface area contributed by atoms with Crippen LogP contribution >= 0.6 is 0 Å². The lowest BCUT2D eigenvalue weighted by atomic mass is 9.95. The molecule has 2 aromatic rings. The summed E-state index contributed by atoms with van der Waals surface area (Å²) in [5, 5.41) is 2.10. The number of benzene rings is 2. The summed E-state index contributed by atoms with van der Waals surface area (Å²) in [4.78, 5) is 24.2. The largest absolute Gasteiger partial charge is 0.497 e. The van der Waals surface area contributed by atoms with Gasteiger partial charge in [0.2, 0.25) is 0 Å². The number of Topliss-reactive ketones (excluding diaryl/α,β-unsaturated/α-hetero) is 1. The Morgan fingerprint density at radius 1 is 1.12 bits per heavy atom. The van der Waals surface area contributed by atoms with Crippen LogP contribution in [0, 0.1) is 0 Å². The van der Waals surface area contributed by atoms with Crippen molar-refractivity contribution in [1.82, 2.24) is 0 Å². The van der Waals surface area contributed by atoms with Gasteiger partial charge in [-0.15, -0.1) is 0 Å². The van der Waals surface area contributed by atoms with Gasteiger partial charge in [0.15, 0.2) is 11.9 Å². The first-order valence-corrected chi connectivity index (χ1v) is 8.39. The maximum atomic E-state index is 12.4. The SMILES string of the molecule is COc1ccc2cc(C(C)C(=O)OC3CCCCC3=O)ccc2c1. The number of methoxy groups -OCH3 is 1. The van der Waals surface area contributed by atoms with Crippen molar-refractivity contribution in [3.8, 4) is 5.75 Å². The van der Waals surface area contributed by atoms with Crippen LogP contribution in [0.25, 0.3) is 10.8 Å². The van der Waals surface area contributed by atoms with Gasteiger partial charge >= 0.3 is 5.97 Å². The van der Waals surface area contributed by atoms with Crippen LogP contribution in [0.3, 0.4) is 0 Å². The molecule has 2 aromatic carbocycles. The zero-order chi connectivity index (χ0) is 17.1. The molecule has 1 aliphatic carbocycles. The van der Waals surface area contributed by atoms with E-state index in [1.54, 1.807) is 7.11 Å². The van der Waals surface area contributed by atoms with Crippen LogP contribution in [0.5, 0.6) is 5.75 Å². The van der Waals surface area contributed by atoms with E-state index >= 15 is 0 Å². The molecule has 0 N–H and O–H groups in total. The molecule has 1 aliphatic rings. The minimum atomic E-state index is -0.557. The first-order chi connectivity index (χ1) is 11.6. The summed E-state index contributed by atoms with van der Waals surface area (Å²) >= 11 is 0. The fraction of sp³-hybridized carbons (Fsp3) is 0.400. The van der Waals surface area contributed by atoms with Gasteiger partial charge in [-0.2, -0.15) is 0 Å². The Bertz CT molecular complexity index is 765. The number of hydrogen-bond donors (Lipinski definition) is 0. The maximum absolute atomic E-state index is 12.4. The van der Waals surface area contributed by atoms with Crippen molar-refractivity contribution in [3.63, 3.8) is 0 Å². The molecule has 3 rings (SSSR count). The standard InChI is InChI=1S/C20H22O4/c1-13(20(22)24-19-6-4-3-5-18(19)21)14-7-8-16-12-17(23-2)10-9-15(16)11-14/h7-13,19H,3-6H2,1-2H3. The molecule has 1 saturated carbocycles. The molecule has 0 amide bonds. The highest BCUT2D eigenvalue weighted by Gasteiger charge is 2.28. The number of carbonyl (C=O) groups excluding carboxylic acids is 2. The van der Waals surface area contributed by atoms with Crippen LogP contribution in [0.2, 0.25) is 0 Å². The lowest BCUT2D eigenvalue weighted by Gasteiger charge is -2.22. The predicted octanol–water partition coefficient (Wildman–Crippen LogP) is 4.01. The molecular weight excluding hydrogens is 304 g/mol. The third-order valence-corrected chi connectivity index (χ3v) is 4.68. The third-order valence-electron chi connectivity index (χ3n) is 4.68. The van der Waals surface area contributed by atoms with Crippen molar-refractivity contribution in [3.05, 3.63) is 42.0 Å². The van der Waals surface area contributed by atoms with E-state index in [0.29, 0.717) is 12.8 Å². The van der Waals surface area contributed by atoms with Crippen molar-refractivity contribution in [1.29, 1.82) is 0 Å². The van der Waals surface area contributed by atoms with Crippen molar-refractivity contribution in [2.24, 2.45) is 0 Å². The Balaban J connectivity index is 1.76. The Morgan fingerprint density at radius 3 is 2.62 bits per heavy atom. The van der Waals surface area contributed by atoms with Crippen molar-refractivity contribution in [2.75, 3.05) is 7.11 Å². The van der Waals surface area contributed by atoms with Gasteiger partial charge in [-0.25, -0.2) is 0 Å². The Morgan fingerprint density at radius 2 is 1.88 bits per heavy atom. The van der Waals surface area contributed by atoms with Crippen molar-refractivity contribution in [2.45, 2.75) is 44.6 Å². The molecule has 0 aromatic heterocycles. The number of fused-ring (bicyclic) bond motifs is 1. The second-order valence-corrected chi connectivity index (χ2v) is 6.33. The maximum Gasteiger partial charge on any atom is 0.313 e. The zero-order valence-electron chi connectivity index (χ0n) is 14.1. The van der Waals surface area contributed by atoms with Gasteiger partial charge in [-0.1, -0.05) is 24.3 Å². The second-order valence-electron chi connectivity index (χ2n) is 6.33. The molecule has 1 fully saturated rings. The van der Waals surface area contributed by atoms with Crippen LogP contribution in [0.15, 0.2) is 36.4 Å². The van der Waals surface area contributed by atoms with Gasteiger partial charge < -0.3 is 9.47 Å². The first kappa shape index (κ1) is 16.5. The molecule has 24 heavy (non-hydrogen) atoms. The summed E-state index contributed by atoms with van der Waals surface area (Å²) in [6, 6.07) is 11.7. The minimum absolute atomic E-state index is 0.0485. The van der Waals surface area contributed by atoms with Crippen LogP contribution < -0.4 is 4.74 Å². The molecule has 0 aliphatic heterocycles. The summed E-state index contributed by atoms with van der Waals surface area (Å²) < 4.78 is 10.7. The first-order valence-electron chi connectivity index (χ1n) is 8.39. The number of hydrogen-bond acceptors (Lipinski definition) is 4. The van der Waals surface area contributed by atoms with Gasteiger partial charge in [0.25, 0.3) is 0 Å². The van der Waals surface area contributed by atoms with E-state index in [1.165, 1.54) is 0 Å². The summed E-state index contributed by atoms with van der Waals surface area (Å²) in [7, 11) is 1.64. The van der Waals surface area contributed by atoms with Gasteiger partial charge in [-0.3, -0.25) is 9.59 Å². The predicted molar refractivity (Wildman–Crippen MR) is 92.3 cm³/mol. The number of ether oxygens (including phenoxy) is 2. The van der Waals surface area contributed by atoms with E-state index in [1.807, 2.05) is 43.3 Å². The normalized spacial score (nSPS) is 19.1. The Kier molecular flexibility index (Phi) is 4.84. The second kappa shape index (κ2) is 7.04. The molecule has 0 radical (unpaired) electrons. The van der Waals surface area contributed by atoms with E-state index in [4.69, 9.17) is 9.47 Å². The number of esters is 1. The monoisotopic (exact) mass is 326 g/mol. The third kappa shape index (κ3) is 3.42.